The fourth-order valence-electron chi connectivity index (χ4n) is 1.77. The molecule has 15 heavy (non-hydrogen) atoms. The molecule has 1 aliphatic rings. The van der Waals surface area contributed by atoms with Gasteiger partial charge in [-0.25, -0.2) is 9.78 Å². The van der Waals surface area contributed by atoms with Gasteiger partial charge in [0.05, 0.1) is 0 Å². The average molecular weight is 208 g/mol. The lowest BCUT2D eigenvalue weighted by molar-refractivity contribution is 0.0687. The minimum Gasteiger partial charge on any atom is -0.476 e. The van der Waals surface area contributed by atoms with Crippen LogP contribution in [-0.2, 0) is 0 Å². The van der Waals surface area contributed by atoms with Crippen LogP contribution in [0.2, 0.25) is 0 Å². The fraction of sp³-hybridized carbons (Fsp3) is 0.444. The van der Waals surface area contributed by atoms with Crippen LogP contribution in [0.5, 0.6) is 0 Å². The average Bonchev–Trinajstić information content (AvgIpc) is 2.05. The molecule has 0 atom stereocenters. The molecule has 0 bridgehead atoms. The van der Waals surface area contributed by atoms with Gasteiger partial charge in [0.25, 0.3) is 0 Å². The summed E-state index contributed by atoms with van der Waals surface area (Å²) in [6.45, 7) is 0. The third kappa shape index (κ3) is 1.58. The topological polar surface area (TPSA) is 115 Å². The Morgan fingerprint density at radius 1 is 1.33 bits per heavy atom. The molecule has 1 fully saturated rings. The highest BCUT2D eigenvalue weighted by Gasteiger charge is 2.28. The van der Waals surface area contributed by atoms with E-state index in [1.54, 1.807) is 0 Å². The fourth-order valence-corrected chi connectivity index (χ4v) is 1.77. The second-order valence-electron chi connectivity index (χ2n) is 3.66. The van der Waals surface area contributed by atoms with Crippen molar-refractivity contribution in [2.24, 2.45) is 0 Å². The highest BCUT2D eigenvalue weighted by molar-refractivity contribution is 5.89. The van der Waals surface area contributed by atoms with Crippen molar-refractivity contribution in [3.05, 3.63) is 11.3 Å². The number of rotatable bonds is 2. The van der Waals surface area contributed by atoms with Crippen molar-refractivity contribution in [3.63, 3.8) is 0 Å². The summed E-state index contributed by atoms with van der Waals surface area (Å²) in [6.07, 6.45) is 2.98. The van der Waals surface area contributed by atoms with E-state index in [-0.39, 0.29) is 23.4 Å². The van der Waals surface area contributed by atoms with E-state index in [2.05, 4.69) is 9.97 Å². The SMILES string of the molecule is Nc1nc(N)c(C2CCC2)c(C(=O)O)n1. The van der Waals surface area contributed by atoms with Crippen molar-refractivity contribution in [2.45, 2.75) is 25.2 Å². The second-order valence-corrected chi connectivity index (χ2v) is 3.66. The van der Waals surface area contributed by atoms with Gasteiger partial charge >= 0.3 is 5.97 Å². The molecule has 0 unspecified atom stereocenters. The lowest BCUT2D eigenvalue weighted by Gasteiger charge is -2.27. The number of anilines is 2. The summed E-state index contributed by atoms with van der Waals surface area (Å²) in [5, 5.41) is 8.98. The largest absolute Gasteiger partial charge is 0.476 e. The van der Waals surface area contributed by atoms with Crippen molar-refractivity contribution in [1.29, 1.82) is 0 Å². The van der Waals surface area contributed by atoms with Gasteiger partial charge in [0, 0.05) is 5.56 Å². The molecule has 2 rings (SSSR count). The predicted molar refractivity (Wildman–Crippen MR) is 54.4 cm³/mol. The number of nitrogen functional groups attached to an aromatic ring is 2. The summed E-state index contributed by atoms with van der Waals surface area (Å²) in [5.41, 5.74) is 11.5. The smallest absolute Gasteiger partial charge is 0.355 e. The van der Waals surface area contributed by atoms with Crippen LogP contribution in [0.15, 0.2) is 0 Å². The van der Waals surface area contributed by atoms with E-state index in [1.807, 2.05) is 0 Å². The Kier molecular flexibility index (Phi) is 2.18. The summed E-state index contributed by atoms with van der Waals surface area (Å²) >= 11 is 0. The van der Waals surface area contributed by atoms with Gasteiger partial charge in [-0.15, -0.1) is 0 Å². The molecule has 6 nitrogen and oxygen atoms in total. The van der Waals surface area contributed by atoms with Crippen LogP contribution >= 0.6 is 0 Å². The zero-order valence-electron chi connectivity index (χ0n) is 8.10. The molecule has 1 aromatic heterocycles. The van der Waals surface area contributed by atoms with Crippen LogP contribution < -0.4 is 11.5 Å². The first-order valence-electron chi connectivity index (χ1n) is 4.75. The molecule has 0 amide bonds. The molecule has 0 spiro atoms. The quantitative estimate of drug-likeness (QED) is 0.655. The zero-order valence-corrected chi connectivity index (χ0v) is 8.10. The first-order valence-corrected chi connectivity index (χ1v) is 4.75. The normalized spacial score (nSPS) is 16.0. The third-order valence-corrected chi connectivity index (χ3v) is 2.71. The van der Waals surface area contributed by atoms with Crippen LogP contribution in [0.25, 0.3) is 0 Å². The van der Waals surface area contributed by atoms with E-state index in [1.165, 1.54) is 0 Å². The van der Waals surface area contributed by atoms with E-state index < -0.39 is 5.97 Å². The van der Waals surface area contributed by atoms with Crippen LogP contribution in [0.4, 0.5) is 11.8 Å². The van der Waals surface area contributed by atoms with Gasteiger partial charge in [-0.3, -0.25) is 0 Å². The number of hydrogen-bond acceptors (Lipinski definition) is 5. The molecule has 1 aromatic rings. The standard InChI is InChI=1S/C9H12N4O2/c10-7-5(4-2-1-3-4)6(8(14)15)12-9(11)13-7/h4H,1-3H2,(H,14,15)(H4,10,11,12,13). The molecule has 80 valence electrons. The molecule has 1 heterocycles. The summed E-state index contributed by atoms with van der Waals surface area (Å²) in [7, 11) is 0. The van der Waals surface area contributed by atoms with E-state index in [4.69, 9.17) is 16.6 Å². The number of hydrogen-bond donors (Lipinski definition) is 3. The number of carbonyl (C=O) groups is 1. The summed E-state index contributed by atoms with van der Waals surface area (Å²) in [4.78, 5) is 18.5. The Bertz CT molecular complexity index is 415. The molecule has 0 saturated heterocycles. The molecule has 5 N–H and O–H groups in total. The summed E-state index contributed by atoms with van der Waals surface area (Å²) < 4.78 is 0. The molecule has 6 heteroatoms. The molecule has 0 aliphatic heterocycles. The summed E-state index contributed by atoms with van der Waals surface area (Å²) in [6, 6.07) is 0. The van der Waals surface area contributed by atoms with Crippen LogP contribution in [0.1, 0.15) is 41.2 Å². The minimum absolute atomic E-state index is 0.0512. The number of aromatic carboxylic acids is 1. The Balaban J connectivity index is 2.53. The van der Waals surface area contributed by atoms with Crippen molar-refractivity contribution in [3.8, 4) is 0 Å². The Labute approximate surface area is 86.3 Å². The lowest BCUT2D eigenvalue weighted by atomic mass is 9.79. The van der Waals surface area contributed by atoms with Crippen molar-refractivity contribution >= 4 is 17.7 Å². The van der Waals surface area contributed by atoms with Gasteiger partial charge in [0.2, 0.25) is 5.95 Å². The van der Waals surface area contributed by atoms with E-state index in [9.17, 15) is 4.79 Å². The van der Waals surface area contributed by atoms with Gasteiger partial charge in [-0.2, -0.15) is 4.98 Å². The van der Waals surface area contributed by atoms with Gasteiger partial charge in [0.15, 0.2) is 5.69 Å². The van der Waals surface area contributed by atoms with Crippen LogP contribution in [0.3, 0.4) is 0 Å². The number of nitrogens with two attached hydrogens (primary N) is 2. The predicted octanol–water partition coefficient (Wildman–Crippen LogP) is 0.607. The van der Waals surface area contributed by atoms with E-state index in [0.29, 0.717) is 5.56 Å². The molecular weight excluding hydrogens is 196 g/mol. The third-order valence-electron chi connectivity index (χ3n) is 2.71. The first kappa shape index (κ1) is 9.70. The van der Waals surface area contributed by atoms with Gasteiger partial charge < -0.3 is 16.6 Å². The number of carboxylic acids is 1. The molecular formula is C9H12N4O2. The van der Waals surface area contributed by atoms with Crippen LogP contribution in [0, 0.1) is 0 Å². The number of nitrogens with zero attached hydrogens (tertiary/aromatic N) is 2. The van der Waals surface area contributed by atoms with Crippen LogP contribution in [-0.4, -0.2) is 21.0 Å². The molecule has 0 radical (unpaired) electrons. The van der Waals surface area contributed by atoms with Crippen molar-refractivity contribution < 1.29 is 9.90 Å². The van der Waals surface area contributed by atoms with Crippen molar-refractivity contribution in [1.82, 2.24) is 9.97 Å². The highest BCUT2D eigenvalue weighted by Crippen LogP contribution is 2.40. The van der Waals surface area contributed by atoms with Gasteiger partial charge in [-0.05, 0) is 18.8 Å². The number of carboxylic acid groups (broad SMARTS) is 1. The Hall–Kier alpha value is -1.85. The Morgan fingerprint density at radius 3 is 2.47 bits per heavy atom. The molecule has 1 aliphatic carbocycles. The maximum absolute atomic E-state index is 11.0. The molecule has 1 saturated carbocycles. The monoisotopic (exact) mass is 208 g/mol. The molecule has 0 aromatic carbocycles. The lowest BCUT2D eigenvalue weighted by Crippen LogP contribution is -2.19. The van der Waals surface area contributed by atoms with E-state index >= 15 is 0 Å². The first-order chi connectivity index (χ1) is 7.09. The second kappa shape index (κ2) is 3.38. The van der Waals surface area contributed by atoms with E-state index in [0.717, 1.165) is 19.3 Å². The number of aromatic nitrogens is 2. The Morgan fingerprint density at radius 2 is 2.00 bits per heavy atom. The van der Waals surface area contributed by atoms with Gasteiger partial charge in [0.1, 0.15) is 5.82 Å². The maximum Gasteiger partial charge on any atom is 0.355 e. The highest BCUT2D eigenvalue weighted by atomic mass is 16.4. The minimum atomic E-state index is -1.10. The summed E-state index contributed by atoms with van der Waals surface area (Å²) in [5.74, 6) is -0.813. The van der Waals surface area contributed by atoms with Crippen molar-refractivity contribution in [2.75, 3.05) is 11.5 Å². The maximum atomic E-state index is 11.0. The van der Waals surface area contributed by atoms with Gasteiger partial charge in [-0.1, -0.05) is 6.42 Å². The zero-order chi connectivity index (χ0) is 11.0.